The molecule has 2 rings (SSSR count). The molecule has 2 aromatic rings. The van der Waals surface area contributed by atoms with Gasteiger partial charge in [-0.2, -0.15) is 0 Å². The first-order chi connectivity index (χ1) is 9.63. The van der Waals surface area contributed by atoms with Crippen molar-refractivity contribution < 1.29 is 19.2 Å². The SMILES string of the molecule is CCOC(=O)c1c(C)noc1C(O)=Cc1ccccc1. The van der Waals surface area contributed by atoms with Crippen LogP contribution in [0.5, 0.6) is 0 Å². The van der Waals surface area contributed by atoms with E-state index in [1.165, 1.54) is 6.08 Å². The number of carbonyl (C=O) groups is 1. The molecule has 1 N–H and O–H groups in total. The van der Waals surface area contributed by atoms with Crippen LogP contribution in [0.1, 0.15) is 34.3 Å². The van der Waals surface area contributed by atoms with Gasteiger partial charge in [0.15, 0.2) is 5.76 Å². The molecule has 0 amide bonds. The monoisotopic (exact) mass is 273 g/mol. The number of aryl methyl sites for hydroxylation is 1. The zero-order valence-electron chi connectivity index (χ0n) is 11.3. The highest BCUT2D eigenvalue weighted by atomic mass is 16.5. The van der Waals surface area contributed by atoms with Crippen LogP contribution >= 0.6 is 0 Å². The Morgan fingerprint density at radius 2 is 2.10 bits per heavy atom. The molecule has 0 aliphatic heterocycles. The molecular weight excluding hydrogens is 258 g/mol. The van der Waals surface area contributed by atoms with Gasteiger partial charge in [-0.25, -0.2) is 4.79 Å². The van der Waals surface area contributed by atoms with Gasteiger partial charge in [0.1, 0.15) is 5.56 Å². The van der Waals surface area contributed by atoms with Gasteiger partial charge in [-0.3, -0.25) is 0 Å². The summed E-state index contributed by atoms with van der Waals surface area (Å²) in [7, 11) is 0. The lowest BCUT2D eigenvalue weighted by Crippen LogP contribution is -2.07. The number of aliphatic hydroxyl groups is 1. The fraction of sp³-hybridized carbons (Fsp3) is 0.200. The molecule has 0 atom stereocenters. The van der Waals surface area contributed by atoms with Gasteiger partial charge in [0.2, 0.25) is 5.76 Å². The summed E-state index contributed by atoms with van der Waals surface area (Å²) in [5.41, 5.74) is 1.32. The molecule has 0 aliphatic carbocycles. The maximum Gasteiger partial charge on any atom is 0.344 e. The molecule has 0 aliphatic rings. The number of aromatic nitrogens is 1. The number of rotatable bonds is 4. The molecule has 5 heteroatoms. The summed E-state index contributed by atoms with van der Waals surface area (Å²) >= 11 is 0. The normalized spacial score (nSPS) is 11.4. The van der Waals surface area contributed by atoms with Crippen LogP contribution < -0.4 is 0 Å². The fourth-order valence-electron chi connectivity index (χ4n) is 1.76. The quantitative estimate of drug-likeness (QED) is 0.684. The number of carbonyl (C=O) groups excluding carboxylic acids is 1. The van der Waals surface area contributed by atoms with E-state index in [1.54, 1.807) is 13.8 Å². The number of hydrogen-bond acceptors (Lipinski definition) is 5. The van der Waals surface area contributed by atoms with Crippen LogP contribution in [0.3, 0.4) is 0 Å². The topological polar surface area (TPSA) is 72.6 Å². The van der Waals surface area contributed by atoms with Crippen molar-refractivity contribution >= 4 is 17.8 Å². The number of hydrogen-bond donors (Lipinski definition) is 1. The van der Waals surface area contributed by atoms with Crippen molar-refractivity contribution in [3.63, 3.8) is 0 Å². The van der Waals surface area contributed by atoms with Crippen molar-refractivity contribution in [3.05, 3.63) is 52.9 Å². The van der Waals surface area contributed by atoms with E-state index in [4.69, 9.17) is 9.26 Å². The number of ether oxygens (including phenoxy) is 1. The van der Waals surface area contributed by atoms with Gasteiger partial charge >= 0.3 is 5.97 Å². The lowest BCUT2D eigenvalue weighted by molar-refractivity contribution is 0.0524. The largest absolute Gasteiger partial charge is 0.504 e. The standard InChI is InChI=1S/C15H15NO4/c1-3-19-15(18)13-10(2)16-20-14(13)12(17)9-11-7-5-4-6-8-11/h4-9,17H,3H2,1-2H3. The Morgan fingerprint density at radius 1 is 1.40 bits per heavy atom. The Labute approximate surface area is 116 Å². The van der Waals surface area contributed by atoms with Crippen LogP contribution in [0.25, 0.3) is 11.8 Å². The fourth-order valence-corrected chi connectivity index (χ4v) is 1.76. The number of benzene rings is 1. The molecule has 0 saturated heterocycles. The molecule has 1 aromatic carbocycles. The van der Waals surface area contributed by atoms with Gasteiger partial charge in [0.05, 0.1) is 12.3 Å². The van der Waals surface area contributed by atoms with E-state index in [-0.39, 0.29) is 23.7 Å². The maximum absolute atomic E-state index is 11.8. The van der Waals surface area contributed by atoms with Crippen molar-refractivity contribution in [2.24, 2.45) is 0 Å². The first kappa shape index (κ1) is 13.9. The molecule has 20 heavy (non-hydrogen) atoms. The van der Waals surface area contributed by atoms with Gasteiger partial charge in [0.25, 0.3) is 0 Å². The Bertz CT molecular complexity index is 629. The predicted octanol–water partition coefficient (Wildman–Crippen LogP) is 3.22. The molecule has 0 spiro atoms. The first-order valence-corrected chi connectivity index (χ1v) is 6.23. The van der Waals surface area contributed by atoms with Crippen LogP contribution in [0, 0.1) is 6.92 Å². The van der Waals surface area contributed by atoms with Crippen LogP contribution in [-0.4, -0.2) is 22.8 Å². The van der Waals surface area contributed by atoms with Gasteiger partial charge < -0.3 is 14.4 Å². The van der Waals surface area contributed by atoms with Crippen LogP contribution in [0.2, 0.25) is 0 Å². The molecule has 0 saturated carbocycles. The van der Waals surface area contributed by atoms with Crippen molar-refractivity contribution in [1.82, 2.24) is 5.16 Å². The second-order valence-electron chi connectivity index (χ2n) is 4.13. The molecule has 1 aromatic heterocycles. The van der Waals surface area contributed by atoms with Gasteiger partial charge in [-0.05, 0) is 25.5 Å². The van der Waals surface area contributed by atoms with Crippen molar-refractivity contribution in [3.8, 4) is 0 Å². The van der Waals surface area contributed by atoms with E-state index in [9.17, 15) is 9.90 Å². The number of esters is 1. The Kier molecular flexibility index (Phi) is 4.20. The minimum Gasteiger partial charge on any atom is -0.504 e. The summed E-state index contributed by atoms with van der Waals surface area (Å²) in [5.74, 6) is -0.709. The van der Waals surface area contributed by atoms with E-state index in [0.717, 1.165) is 5.56 Å². The van der Waals surface area contributed by atoms with Crippen molar-refractivity contribution in [2.75, 3.05) is 6.61 Å². The third kappa shape index (κ3) is 2.88. The highest BCUT2D eigenvalue weighted by Gasteiger charge is 2.24. The van der Waals surface area contributed by atoms with Crippen LogP contribution in [0.4, 0.5) is 0 Å². The molecule has 0 radical (unpaired) electrons. The van der Waals surface area contributed by atoms with Gasteiger partial charge in [0, 0.05) is 0 Å². The van der Waals surface area contributed by atoms with E-state index in [1.807, 2.05) is 30.3 Å². The molecule has 104 valence electrons. The van der Waals surface area contributed by atoms with E-state index in [0.29, 0.717) is 5.69 Å². The molecule has 0 bridgehead atoms. The molecule has 0 fully saturated rings. The summed E-state index contributed by atoms with van der Waals surface area (Å²) in [6.07, 6.45) is 1.50. The van der Waals surface area contributed by atoms with E-state index >= 15 is 0 Å². The van der Waals surface area contributed by atoms with Crippen molar-refractivity contribution in [1.29, 1.82) is 0 Å². The average Bonchev–Trinajstić information content (AvgIpc) is 2.82. The third-order valence-electron chi connectivity index (χ3n) is 2.68. The minimum atomic E-state index is -0.561. The molecule has 1 heterocycles. The Hall–Kier alpha value is -2.56. The smallest absolute Gasteiger partial charge is 0.344 e. The Morgan fingerprint density at radius 3 is 2.75 bits per heavy atom. The highest BCUT2D eigenvalue weighted by molar-refractivity contribution is 5.96. The number of nitrogens with zero attached hydrogens (tertiary/aromatic N) is 1. The van der Waals surface area contributed by atoms with E-state index in [2.05, 4.69) is 5.16 Å². The lowest BCUT2D eigenvalue weighted by atomic mass is 10.1. The predicted molar refractivity (Wildman–Crippen MR) is 74.1 cm³/mol. The maximum atomic E-state index is 11.8. The zero-order chi connectivity index (χ0) is 14.5. The highest BCUT2D eigenvalue weighted by Crippen LogP contribution is 2.23. The molecule has 5 nitrogen and oxygen atoms in total. The minimum absolute atomic E-state index is 0.0183. The van der Waals surface area contributed by atoms with Crippen LogP contribution in [-0.2, 0) is 4.74 Å². The summed E-state index contributed by atoms with van der Waals surface area (Å²) in [6.45, 7) is 3.57. The number of aliphatic hydroxyl groups excluding tert-OH is 1. The molecular formula is C15H15NO4. The lowest BCUT2D eigenvalue weighted by Gasteiger charge is -2.02. The average molecular weight is 273 g/mol. The van der Waals surface area contributed by atoms with Gasteiger partial charge in [-0.1, -0.05) is 35.5 Å². The van der Waals surface area contributed by atoms with Crippen molar-refractivity contribution in [2.45, 2.75) is 13.8 Å². The second-order valence-corrected chi connectivity index (χ2v) is 4.13. The first-order valence-electron chi connectivity index (χ1n) is 6.23. The Balaban J connectivity index is 2.38. The molecule has 0 unspecified atom stereocenters. The van der Waals surface area contributed by atoms with E-state index < -0.39 is 5.97 Å². The summed E-state index contributed by atoms with van der Waals surface area (Å²) in [6, 6.07) is 9.21. The van der Waals surface area contributed by atoms with Crippen LogP contribution in [0.15, 0.2) is 34.9 Å². The summed E-state index contributed by atoms with van der Waals surface area (Å²) in [5, 5.41) is 13.8. The summed E-state index contributed by atoms with van der Waals surface area (Å²) in [4.78, 5) is 11.8. The van der Waals surface area contributed by atoms with Gasteiger partial charge in [-0.15, -0.1) is 0 Å². The third-order valence-corrected chi connectivity index (χ3v) is 2.68. The zero-order valence-corrected chi connectivity index (χ0v) is 11.3. The second kappa shape index (κ2) is 6.06. The summed E-state index contributed by atoms with van der Waals surface area (Å²) < 4.78 is 9.96.